The smallest absolute Gasteiger partial charge is 0.350 e. The molecule has 0 aliphatic heterocycles. The molecule has 2 heterocycles. The third-order valence-corrected chi connectivity index (χ3v) is 6.22. The molecule has 0 saturated carbocycles. The summed E-state index contributed by atoms with van der Waals surface area (Å²) in [7, 11) is 3.24. The van der Waals surface area contributed by atoms with Crippen molar-refractivity contribution in [3.05, 3.63) is 64.7 Å². The van der Waals surface area contributed by atoms with Gasteiger partial charge in [-0.25, -0.2) is 9.78 Å². The Morgan fingerprint density at radius 1 is 1.09 bits per heavy atom. The average molecular weight is 452 g/mol. The van der Waals surface area contributed by atoms with E-state index in [-0.39, 0.29) is 5.97 Å². The Kier molecular flexibility index (Phi) is 6.32. The summed E-state index contributed by atoms with van der Waals surface area (Å²) in [5.74, 6) is 1.81. The van der Waals surface area contributed by atoms with Gasteiger partial charge in [-0.2, -0.15) is 0 Å². The first-order valence-corrected chi connectivity index (χ1v) is 11.1. The molecule has 0 amide bonds. The molecule has 4 rings (SSSR count). The van der Waals surface area contributed by atoms with Gasteiger partial charge in [0.15, 0.2) is 4.96 Å². The van der Waals surface area contributed by atoms with Gasteiger partial charge in [0, 0.05) is 23.9 Å². The van der Waals surface area contributed by atoms with E-state index in [4.69, 9.17) is 19.2 Å². The highest BCUT2D eigenvalue weighted by Gasteiger charge is 2.24. The van der Waals surface area contributed by atoms with Gasteiger partial charge in [0.1, 0.15) is 27.9 Å². The Labute approximate surface area is 190 Å². The van der Waals surface area contributed by atoms with Crippen LogP contribution in [0.15, 0.2) is 48.5 Å². The van der Waals surface area contributed by atoms with E-state index in [9.17, 15) is 4.79 Å². The molecule has 1 N–H and O–H groups in total. The van der Waals surface area contributed by atoms with Crippen LogP contribution in [0.1, 0.15) is 27.9 Å². The number of hydrogen-bond acceptors (Lipinski definition) is 7. The zero-order chi connectivity index (χ0) is 22.7. The third-order valence-electron chi connectivity index (χ3n) is 5.09. The van der Waals surface area contributed by atoms with Crippen molar-refractivity contribution in [2.45, 2.75) is 20.4 Å². The fourth-order valence-electron chi connectivity index (χ4n) is 3.52. The van der Waals surface area contributed by atoms with E-state index in [0.717, 1.165) is 28.3 Å². The topological polar surface area (TPSA) is 74.1 Å². The molecule has 0 unspecified atom stereocenters. The third kappa shape index (κ3) is 4.13. The molecule has 32 heavy (non-hydrogen) atoms. The lowest BCUT2D eigenvalue weighted by atomic mass is 10.1. The highest BCUT2D eigenvalue weighted by Crippen LogP contribution is 2.38. The molecule has 8 heteroatoms. The number of esters is 1. The van der Waals surface area contributed by atoms with Gasteiger partial charge in [-0.15, -0.1) is 0 Å². The van der Waals surface area contributed by atoms with E-state index in [1.54, 1.807) is 21.1 Å². The molecule has 2 aromatic heterocycles. The SMILES string of the molecule is CCOC(=O)c1sc2nc(-c3cc(OC)cc(OC)c3)c(NCc3ccccc3)n2c1C. The van der Waals surface area contributed by atoms with E-state index in [0.29, 0.717) is 34.5 Å². The molecule has 4 aromatic rings. The summed E-state index contributed by atoms with van der Waals surface area (Å²) in [5.41, 5.74) is 3.52. The van der Waals surface area contributed by atoms with Crippen molar-refractivity contribution in [3.8, 4) is 22.8 Å². The summed E-state index contributed by atoms with van der Waals surface area (Å²) in [6.45, 7) is 4.63. The average Bonchev–Trinajstić information content (AvgIpc) is 3.34. The lowest BCUT2D eigenvalue weighted by molar-refractivity contribution is 0.0531. The van der Waals surface area contributed by atoms with Gasteiger partial charge in [-0.05, 0) is 31.5 Å². The Balaban J connectivity index is 1.85. The number of fused-ring (bicyclic) bond motifs is 1. The van der Waals surface area contributed by atoms with Gasteiger partial charge in [0.25, 0.3) is 0 Å². The second-order valence-corrected chi connectivity index (χ2v) is 8.08. The van der Waals surface area contributed by atoms with Crippen molar-refractivity contribution in [2.24, 2.45) is 0 Å². The van der Waals surface area contributed by atoms with Crippen molar-refractivity contribution in [1.82, 2.24) is 9.38 Å². The van der Waals surface area contributed by atoms with E-state index < -0.39 is 0 Å². The molecule has 7 nitrogen and oxygen atoms in total. The van der Waals surface area contributed by atoms with Crippen molar-refractivity contribution in [2.75, 3.05) is 26.1 Å². The molecule has 0 radical (unpaired) electrons. The van der Waals surface area contributed by atoms with E-state index >= 15 is 0 Å². The first-order valence-electron chi connectivity index (χ1n) is 10.3. The predicted octanol–water partition coefficient (Wildman–Crippen LogP) is 5.18. The van der Waals surface area contributed by atoms with Gasteiger partial charge in [0.2, 0.25) is 0 Å². The number of ether oxygens (including phenoxy) is 3. The molecule has 0 aliphatic carbocycles. The van der Waals surface area contributed by atoms with Crippen LogP contribution in [0.4, 0.5) is 5.82 Å². The number of thiazole rings is 1. The monoisotopic (exact) mass is 451 g/mol. The lowest BCUT2D eigenvalue weighted by Gasteiger charge is -2.12. The summed E-state index contributed by atoms with van der Waals surface area (Å²) in [5, 5.41) is 3.52. The maximum Gasteiger partial charge on any atom is 0.350 e. The van der Waals surface area contributed by atoms with Gasteiger partial charge in [0.05, 0.1) is 20.8 Å². The van der Waals surface area contributed by atoms with Crippen LogP contribution in [0, 0.1) is 6.92 Å². The Bertz CT molecular complexity index is 1230. The molecule has 0 aliphatic rings. The number of aromatic nitrogens is 2. The minimum Gasteiger partial charge on any atom is -0.497 e. The molecule has 2 aromatic carbocycles. The van der Waals surface area contributed by atoms with E-state index in [2.05, 4.69) is 17.4 Å². The summed E-state index contributed by atoms with van der Waals surface area (Å²) < 4.78 is 18.1. The Hall–Kier alpha value is -3.52. The van der Waals surface area contributed by atoms with Crippen LogP contribution in [0.25, 0.3) is 16.2 Å². The van der Waals surface area contributed by atoms with Crippen molar-refractivity contribution >= 4 is 28.1 Å². The number of aryl methyl sites for hydroxylation is 1. The second kappa shape index (κ2) is 9.32. The normalized spacial score (nSPS) is 10.9. The number of rotatable bonds is 8. The number of carbonyl (C=O) groups is 1. The summed E-state index contributed by atoms with van der Waals surface area (Å²) in [6, 6.07) is 15.8. The largest absolute Gasteiger partial charge is 0.497 e. The maximum atomic E-state index is 12.4. The highest BCUT2D eigenvalue weighted by molar-refractivity contribution is 7.19. The number of carbonyl (C=O) groups excluding carboxylic acids is 1. The standard InChI is InChI=1S/C24H25N3O4S/c1-5-31-23(28)21-15(2)27-22(25-14-16-9-7-6-8-10-16)20(26-24(27)32-21)17-11-18(29-3)13-19(12-17)30-4/h6-13,25H,5,14H2,1-4H3. The zero-order valence-electron chi connectivity index (χ0n) is 18.5. The van der Waals surface area contributed by atoms with Crippen LogP contribution in [-0.2, 0) is 11.3 Å². The fourth-order valence-corrected chi connectivity index (χ4v) is 4.54. The van der Waals surface area contributed by atoms with Gasteiger partial charge in [-0.3, -0.25) is 4.40 Å². The van der Waals surface area contributed by atoms with Crippen molar-refractivity contribution in [1.29, 1.82) is 0 Å². The van der Waals surface area contributed by atoms with Crippen LogP contribution >= 0.6 is 11.3 Å². The first kappa shape index (κ1) is 21.7. The summed E-state index contributed by atoms with van der Waals surface area (Å²) in [4.78, 5) is 18.6. The van der Waals surface area contributed by atoms with Crippen LogP contribution in [0.5, 0.6) is 11.5 Å². The van der Waals surface area contributed by atoms with Crippen molar-refractivity contribution < 1.29 is 19.0 Å². The number of hydrogen-bond donors (Lipinski definition) is 1. The molecule has 0 fully saturated rings. The molecule has 0 spiro atoms. The fraction of sp³-hybridized carbons (Fsp3) is 0.250. The quantitative estimate of drug-likeness (QED) is 0.372. The van der Waals surface area contributed by atoms with Crippen LogP contribution in [0.2, 0.25) is 0 Å². The zero-order valence-corrected chi connectivity index (χ0v) is 19.3. The number of benzene rings is 2. The van der Waals surface area contributed by atoms with E-state index in [1.165, 1.54) is 11.3 Å². The maximum absolute atomic E-state index is 12.4. The molecule has 0 saturated heterocycles. The number of methoxy groups -OCH3 is 2. The minimum absolute atomic E-state index is 0.326. The van der Waals surface area contributed by atoms with E-state index in [1.807, 2.05) is 47.7 Å². The number of anilines is 1. The molecule has 0 bridgehead atoms. The van der Waals surface area contributed by atoms with Gasteiger partial charge in [-0.1, -0.05) is 41.7 Å². The highest BCUT2D eigenvalue weighted by atomic mass is 32.1. The van der Waals surface area contributed by atoms with Crippen LogP contribution in [0.3, 0.4) is 0 Å². The molecule has 166 valence electrons. The first-order chi connectivity index (χ1) is 15.5. The lowest BCUT2D eigenvalue weighted by Crippen LogP contribution is -2.07. The second-order valence-electron chi connectivity index (χ2n) is 7.10. The van der Waals surface area contributed by atoms with Crippen LogP contribution < -0.4 is 14.8 Å². The van der Waals surface area contributed by atoms with Gasteiger partial charge >= 0.3 is 5.97 Å². The Morgan fingerprint density at radius 3 is 2.41 bits per heavy atom. The molecular formula is C24H25N3O4S. The summed E-state index contributed by atoms with van der Waals surface area (Å²) in [6.07, 6.45) is 0. The molecular weight excluding hydrogens is 426 g/mol. The minimum atomic E-state index is -0.334. The van der Waals surface area contributed by atoms with Crippen molar-refractivity contribution in [3.63, 3.8) is 0 Å². The predicted molar refractivity (Wildman–Crippen MR) is 126 cm³/mol. The molecule has 0 atom stereocenters. The van der Waals surface area contributed by atoms with Gasteiger partial charge < -0.3 is 19.5 Å². The van der Waals surface area contributed by atoms with Crippen LogP contribution in [-0.4, -0.2) is 36.2 Å². The number of imidazole rings is 1. The number of nitrogens with one attached hydrogen (secondary N) is 1. The number of nitrogens with zero attached hydrogens (tertiary/aromatic N) is 2. The summed E-state index contributed by atoms with van der Waals surface area (Å²) >= 11 is 1.32. The Morgan fingerprint density at radius 2 is 1.78 bits per heavy atom.